The van der Waals surface area contributed by atoms with Gasteiger partial charge in [0, 0.05) is 18.4 Å². The fraction of sp³-hybridized carbons (Fsp3) is 0.100. The van der Waals surface area contributed by atoms with Crippen LogP contribution in [-0.4, -0.2) is 16.5 Å². The van der Waals surface area contributed by atoms with Crippen LogP contribution in [0.1, 0.15) is 16.8 Å². The molecule has 0 saturated carbocycles. The first-order valence-electron chi connectivity index (χ1n) is 7.92. The summed E-state index contributed by atoms with van der Waals surface area (Å²) in [6, 6.07) is 16.6. The van der Waals surface area contributed by atoms with Crippen LogP contribution in [0.4, 0.5) is 16.0 Å². The van der Waals surface area contributed by atoms with Crippen molar-refractivity contribution in [3.05, 3.63) is 83.4 Å². The summed E-state index contributed by atoms with van der Waals surface area (Å²) in [7, 11) is 0. The van der Waals surface area contributed by atoms with Gasteiger partial charge in [0.1, 0.15) is 5.82 Å². The number of rotatable bonds is 3. The van der Waals surface area contributed by atoms with Crippen LogP contribution in [-0.2, 0) is 6.42 Å². The minimum absolute atomic E-state index is 0.232. The van der Waals surface area contributed by atoms with E-state index in [4.69, 9.17) is 0 Å². The molecule has 1 aliphatic heterocycles. The van der Waals surface area contributed by atoms with E-state index in [2.05, 4.69) is 33.1 Å². The molecule has 3 nitrogen and oxygen atoms in total. The molecule has 4 rings (SSSR count). The van der Waals surface area contributed by atoms with Gasteiger partial charge in [-0.25, -0.2) is 14.4 Å². The maximum Gasteiger partial charge on any atom is 0.230 e. The van der Waals surface area contributed by atoms with Gasteiger partial charge >= 0.3 is 0 Å². The van der Waals surface area contributed by atoms with E-state index in [0.717, 1.165) is 24.2 Å². The summed E-state index contributed by atoms with van der Waals surface area (Å²) in [6.45, 7) is 0.893. The molecule has 0 atom stereocenters. The van der Waals surface area contributed by atoms with Crippen LogP contribution in [0.3, 0.4) is 0 Å². The second-order valence-corrected chi connectivity index (χ2v) is 5.70. The number of halogens is 1. The van der Waals surface area contributed by atoms with Crippen molar-refractivity contribution in [2.75, 3.05) is 11.4 Å². The van der Waals surface area contributed by atoms with Gasteiger partial charge in [-0.3, -0.25) is 0 Å². The molecule has 1 aliphatic rings. The molecule has 2 heterocycles. The lowest BCUT2D eigenvalue weighted by Gasteiger charge is -2.17. The Labute approximate surface area is 140 Å². The first-order valence-corrected chi connectivity index (χ1v) is 7.92. The van der Waals surface area contributed by atoms with Gasteiger partial charge in [-0.1, -0.05) is 36.4 Å². The maximum atomic E-state index is 12.9. The highest BCUT2D eigenvalue weighted by Gasteiger charge is 2.21. The van der Waals surface area contributed by atoms with E-state index >= 15 is 0 Å². The van der Waals surface area contributed by atoms with Crippen molar-refractivity contribution in [2.24, 2.45) is 0 Å². The summed E-state index contributed by atoms with van der Waals surface area (Å²) in [5.74, 6) is 0.477. The van der Waals surface area contributed by atoms with Gasteiger partial charge in [-0.2, -0.15) is 0 Å². The number of para-hydroxylation sites is 1. The SMILES string of the molecule is Fc1ccc(/C=C/c2ccnc(N3CCc4ccccc43)n2)cc1. The van der Waals surface area contributed by atoms with E-state index < -0.39 is 0 Å². The third-order valence-corrected chi connectivity index (χ3v) is 4.11. The van der Waals surface area contributed by atoms with Gasteiger partial charge in [0.15, 0.2) is 0 Å². The molecule has 24 heavy (non-hydrogen) atoms. The zero-order valence-electron chi connectivity index (χ0n) is 13.1. The smallest absolute Gasteiger partial charge is 0.230 e. The topological polar surface area (TPSA) is 29.0 Å². The minimum atomic E-state index is -0.232. The van der Waals surface area contributed by atoms with Gasteiger partial charge in [-0.15, -0.1) is 0 Å². The molecule has 2 aromatic carbocycles. The number of anilines is 2. The Balaban J connectivity index is 1.59. The van der Waals surface area contributed by atoms with Crippen molar-refractivity contribution in [1.82, 2.24) is 9.97 Å². The van der Waals surface area contributed by atoms with Crippen molar-refractivity contribution >= 4 is 23.8 Å². The predicted octanol–water partition coefficient (Wildman–Crippen LogP) is 4.48. The third kappa shape index (κ3) is 2.91. The number of hydrogen-bond acceptors (Lipinski definition) is 3. The minimum Gasteiger partial charge on any atom is -0.310 e. The fourth-order valence-electron chi connectivity index (χ4n) is 2.89. The van der Waals surface area contributed by atoms with Crippen LogP contribution < -0.4 is 4.90 Å². The quantitative estimate of drug-likeness (QED) is 0.713. The molecule has 1 aromatic heterocycles. The van der Waals surface area contributed by atoms with Crippen molar-refractivity contribution in [2.45, 2.75) is 6.42 Å². The van der Waals surface area contributed by atoms with E-state index in [1.54, 1.807) is 18.3 Å². The van der Waals surface area contributed by atoms with Crippen LogP contribution in [0.25, 0.3) is 12.2 Å². The molecule has 0 aliphatic carbocycles. The monoisotopic (exact) mass is 317 g/mol. The average Bonchev–Trinajstić information content (AvgIpc) is 3.06. The molecule has 0 radical (unpaired) electrons. The summed E-state index contributed by atoms with van der Waals surface area (Å²) < 4.78 is 12.9. The number of aromatic nitrogens is 2. The maximum absolute atomic E-state index is 12.9. The number of benzene rings is 2. The van der Waals surface area contributed by atoms with Crippen molar-refractivity contribution in [1.29, 1.82) is 0 Å². The molecule has 0 amide bonds. The zero-order valence-corrected chi connectivity index (χ0v) is 13.1. The second-order valence-electron chi connectivity index (χ2n) is 5.70. The summed E-state index contributed by atoms with van der Waals surface area (Å²) in [4.78, 5) is 11.2. The number of nitrogens with zero attached hydrogens (tertiary/aromatic N) is 3. The Hall–Kier alpha value is -3.01. The average molecular weight is 317 g/mol. The van der Waals surface area contributed by atoms with Crippen molar-refractivity contribution in [3.63, 3.8) is 0 Å². The molecule has 4 heteroatoms. The third-order valence-electron chi connectivity index (χ3n) is 4.11. The largest absolute Gasteiger partial charge is 0.310 e. The van der Waals surface area contributed by atoms with Crippen LogP contribution in [0, 0.1) is 5.82 Å². The summed E-state index contributed by atoms with van der Waals surface area (Å²) in [5, 5.41) is 0. The lowest BCUT2D eigenvalue weighted by atomic mass is 10.2. The van der Waals surface area contributed by atoms with Gasteiger partial charge < -0.3 is 4.90 Å². The van der Waals surface area contributed by atoms with Crippen LogP contribution in [0.15, 0.2) is 60.8 Å². The molecule has 0 N–H and O–H groups in total. The highest BCUT2D eigenvalue weighted by molar-refractivity contribution is 5.70. The summed E-state index contributed by atoms with van der Waals surface area (Å²) >= 11 is 0. The van der Waals surface area contributed by atoms with Crippen molar-refractivity contribution < 1.29 is 4.39 Å². The Morgan fingerprint density at radius 2 is 1.79 bits per heavy atom. The first kappa shape index (κ1) is 14.6. The number of fused-ring (bicyclic) bond motifs is 1. The zero-order chi connectivity index (χ0) is 16.4. The first-order chi connectivity index (χ1) is 11.8. The fourth-order valence-corrected chi connectivity index (χ4v) is 2.89. The van der Waals surface area contributed by atoms with Crippen LogP contribution >= 0.6 is 0 Å². The Kier molecular flexibility index (Phi) is 3.79. The van der Waals surface area contributed by atoms with E-state index in [0.29, 0.717) is 5.95 Å². The van der Waals surface area contributed by atoms with E-state index in [9.17, 15) is 4.39 Å². The van der Waals surface area contributed by atoms with E-state index in [1.807, 2.05) is 24.3 Å². The molecule has 0 spiro atoms. The Bertz CT molecular complexity index is 887. The normalized spacial score (nSPS) is 13.5. The summed E-state index contributed by atoms with van der Waals surface area (Å²) in [6.07, 6.45) is 6.62. The van der Waals surface area contributed by atoms with Gasteiger partial charge in [0.2, 0.25) is 5.95 Å². The van der Waals surface area contributed by atoms with E-state index in [-0.39, 0.29) is 5.82 Å². The molecule has 0 fully saturated rings. The highest BCUT2D eigenvalue weighted by Crippen LogP contribution is 2.32. The Morgan fingerprint density at radius 1 is 0.958 bits per heavy atom. The van der Waals surface area contributed by atoms with E-state index in [1.165, 1.54) is 23.4 Å². The van der Waals surface area contributed by atoms with Gasteiger partial charge in [0.25, 0.3) is 0 Å². The van der Waals surface area contributed by atoms with Crippen LogP contribution in [0.2, 0.25) is 0 Å². The number of hydrogen-bond donors (Lipinski definition) is 0. The molecular weight excluding hydrogens is 301 g/mol. The summed E-state index contributed by atoms with van der Waals surface area (Å²) in [5.41, 5.74) is 4.27. The molecule has 0 saturated heterocycles. The Morgan fingerprint density at radius 3 is 2.67 bits per heavy atom. The lowest BCUT2D eigenvalue weighted by molar-refractivity contribution is 0.628. The molecule has 0 bridgehead atoms. The molecular formula is C20H16FN3. The standard InChI is InChI=1S/C20H16FN3/c21-17-8-5-15(6-9-17)7-10-18-11-13-22-20(23-18)24-14-12-16-3-1-2-4-19(16)24/h1-11,13H,12,14H2/b10-7+. The van der Waals surface area contributed by atoms with Crippen LogP contribution in [0.5, 0.6) is 0 Å². The molecule has 0 unspecified atom stereocenters. The lowest BCUT2D eigenvalue weighted by Crippen LogP contribution is -2.16. The van der Waals surface area contributed by atoms with Crippen molar-refractivity contribution in [3.8, 4) is 0 Å². The van der Waals surface area contributed by atoms with Gasteiger partial charge in [0.05, 0.1) is 5.69 Å². The molecule has 118 valence electrons. The van der Waals surface area contributed by atoms with Gasteiger partial charge in [-0.05, 0) is 47.9 Å². The highest BCUT2D eigenvalue weighted by atomic mass is 19.1. The second kappa shape index (κ2) is 6.24. The molecule has 3 aromatic rings. The predicted molar refractivity (Wildman–Crippen MR) is 94.5 cm³/mol.